The van der Waals surface area contributed by atoms with Crippen molar-refractivity contribution in [3.8, 4) is 0 Å². The summed E-state index contributed by atoms with van der Waals surface area (Å²) in [6.45, 7) is 3.75. The van der Waals surface area contributed by atoms with Gasteiger partial charge >= 0.3 is 5.97 Å². The third-order valence-corrected chi connectivity index (χ3v) is 5.32. The minimum Gasteiger partial charge on any atom is -0.480 e. The van der Waals surface area contributed by atoms with Gasteiger partial charge in [0.15, 0.2) is 0 Å². The van der Waals surface area contributed by atoms with Gasteiger partial charge in [-0.05, 0) is 30.8 Å². The van der Waals surface area contributed by atoms with Gasteiger partial charge in [-0.15, -0.1) is 0 Å². The fourth-order valence-electron chi connectivity index (χ4n) is 2.30. The number of hydrogen-bond donors (Lipinski definition) is 7. The first-order valence-electron chi connectivity index (χ1n) is 9.17. The largest absolute Gasteiger partial charge is 0.480 e. The molecular formula is C17H32N4O5S3. The van der Waals surface area contributed by atoms with Crippen molar-refractivity contribution in [1.29, 1.82) is 0 Å². The Bertz CT molecular complexity index is 565. The van der Waals surface area contributed by atoms with E-state index >= 15 is 0 Å². The highest BCUT2D eigenvalue weighted by Gasteiger charge is 2.30. The zero-order chi connectivity index (χ0) is 22.6. The van der Waals surface area contributed by atoms with Crippen LogP contribution < -0.4 is 21.7 Å². The fraction of sp³-hybridized carbons (Fsp3) is 0.765. The first kappa shape index (κ1) is 27.9. The van der Waals surface area contributed by atoms with Gasteiger partial charge in [0.1, 0.15) is 18.1 Å². The number of hydrogen-bond acceptors (Lipinski definition) is 8. The highest BCUT2D eigenvalue weighted by Crippen LogP contribution is 2.08. The van der Waals surface area contributed by atoms with Crippen molar-refractivity contribution in [3.05, 3.63) is 0 Å². The second-order valence-corrected chi connectivity index (χ2v) is 8.62. The van der Waals surface area contributed by atoms with Crippen molar-refractivity contribution in [2.75, 3.05) is 23.5 Å². The molecule has 0 aliphatic rings. The number of carbonyl (C=O) groups is 4. The van der Waals surface area contributed by atoms with Crippen molar-refractivity contribution in [2.45, 2.75) is 50.9 Å². The highest BCUT2D eigenvalue weighted by atomic mass is 32.2. The van der Waals surface area contributed by atoms with Crippen LogP contribution in [0.3, 0.4) is 0 Å². The van der Waals surface area contributed by atoms with Gasteiger partial charge in [-0.25, -0.2) is 4.79 Å². The van der Waals surface area contributed by atoms with E-state index in [4.69, 9.17) is 5.73 Å². The van der Waals surface area contributed by atoms with Gasteiger partial charge in [0.2, 0.25) is 17.7 Å². The molecule has 0 saturated heterocycles. The Kier molecular flexibility index (Phi) is 14.2. The number of thiol groups is 2. The quantitative estimate of drug-likeness (QED) is 0.170. The Balaban J connectivity index is 5.19. The van der Waals surface area contributed by atoms with Gasteiger partial charge in [0, 0.05) is 11.5 Å². The zero-order valence-electron chi connectivity index (χ0n) is 16.9. The molecule has 0 radical (unpaired) electrons. The second-order valence-electron chi connectivity index (χ2n) is 6.90. The molecule has 29 heavy (non-hydrogen) atoms. The molecule has 4 unspecified atom stereocenters. The number of nitrogens with one attached hydrogen (secondary N) is 3. The van der Waals surface area contributed by atoms with Gasteiger partial charge in [-0.2, -0.15) is 37.0 Å². The molecule has 0 heterocycles. The molecule has 4 atom stereocenters. The van der Waals surface area contributed by atoms with E-state index in [1.807, 2.05) is 20.1 Å². The lowest BCUT2D eigenvalue weighted by molar-refractivity contribution is -0.142. The van der Waals surface area contributed by atoms with E-state index in [0.717, 1.165) is 0 Å². The van der Waals surface area contributed by atoms with Crippen molar-refractivity contribution in [1.82, 2.24) is 16.0 Å². The van der Waals surface area contributed by atoms with E-state index in [-0.39, 0.29) is 23.8 Å². The van der Waals surface area contributed by atoms with Crippen LogP contribution in [0.1, 0.15) is 26.7 Å². The summed E-state index contributed by atoms with van der Waals surface area (Å²) in [5.41, 5.74) is 5.59. The molecule has 0 fully saturated rings. The normalized spacial score (nSPS) is 15.1. The Morgan fingerprint density at radius 2 is 1.45 bits per heavy atom. The minimum absolute atomic E-state index is 0.00163. The lowest BCUT2D eigenvalue weighted by Gasteiger charge is -2.25. The summed E-state index contributed by atoms with van der Waals surface area (Å²) in [5, 5.41) is 16.9. The van der Waals surface area contributed by atoms with Crippen molar-refractivity contribution in [3.63, 3.8) is 0 Å². The van der Waals surface area contributed by atoms with Crippen LogP contribution in [0.25, 0.3) is 0 Å². The van der Waals surface area contributed by atoms with Crippen LogP contribution in [0.2, 0.25) is 0 Å². The Morgan fingerprint density at radius 3 is 1.90 bits per heavy atom. The molecule has 168 valence electrons. The number of carbonyl (C=O) groups excluding carboxylic acids is 3. The third kappa shape index (κ3) is 11.0. The minimum atomic E-state index is -1.14. The fourth-order valence-corrected chi connectivity index (χ4v) is 3.19. The topological polar surface area (TPSA) is 151 Å². The Hall–Kier alpha value is -1.11. The first-order valence-corrected chi connectivity index (χ1v) is 11.8. The third-order valence-electron chi connectivity index (χ3n) is 3.91. The Morgan fingerprint density at radius 1 is 0.931 bits per heavy atom. The van der Waals surface area contributed by atoms with Crippen LogP contribution in [0, 0.1) is 5.92 Å². The lowest BCUT2D eigenvalue weighted by atomic mass is 10.0. The standard InChI is InChI=1S/C17H32N4O5S3/c1-9(2)6-12(15(23)19-11(17(25)26)4-5-29-3)20-16(24)13(8-28)21-14(22)10(18)7-27/h9-13,27-28H,4-8,18H2,1-3H3,(H,19,23)(H,20,24)(H,21,22)(H,25,26). The summed E-state index contributed by atoms with van der Waals surface area (Å²) in [4.78, 5) is 48.5. The van der Waals surface area contributed by atoms with Gasteiger partial charge in [0.25, 0.3) is 0 Å². The molecule has 0 aliphatic carbocycles. The number of carboxylic acids is 1. The number of thioether (sulfide) groups is 1. The van der Waals surface area contributed by atoms with Gasteiger partial charge in [-0.1, -0.05) is 13.8 Å². The molecule has 0 aromatic rings. The van der Waals surface area contributed by atoms with E-state index in [9.17, 15) is 24.3 Å². The van der Waals surface area contributed by atoms with Crippen LogP contribution in [0.5, 0.6) is 0 Å². The van der Waals surface area contributed by atoms with E-state index < -0.39 is 47.9 Å². The molecule has 0 spiro atoms. The molecule has 0 aromatic heterocycles. The predicted molar refractivity (Wildman–Crippen MR) is 122 cm³/mol. The molecule has 12 heteroatoms. The first-order chi connectivity index (χ1) is 13.6. The number of carboxylic acid groups (broad SMARTS) is 1. The number of amides is 3. The summed E-state index contributed by atoms with van der Waals surface area (Å²) in [7, 11) is 0. The molecule has 0 aromatic carbocycles. The van der Waals surface area contributed by atoms with E-state index in [0.29, 0.717) is 12.2 Å². The summed E-state index contributed by atoms with van der Waals surface area (Å²) < 4.78 is 0. The van der Waals surface area contributed by atoms with Crippen molar-refractivity contribution < 1.29 is 24.3 Å². The van der Waals surface area contributed by atoms with E-state index in [2.05, 4.69) is 41.2 Å². The van der Waals surface area contributed by atoms with Crippen LogP contribution >= 0.6 is 37.0 Å². The maximum absolute atomic E-state index is 12.6. The SMILES string of the molecule is CSCCC(NC(=O)C(CC(C)C)NC(=O)C(CS)NC(=O)C(N)CS)C(=O)O. The molecule has 9 nitrogen and oxygen atoms in total. The molecular weight excluding hydrogens is 436 g/mol. The highest BCUT2D eigenvalue weighted by molar-refractivity contribution is 7.98. The average Bonchev–Trinajstić information content (AvgIpc) is 2.66. The number of rotatable bonds is 14. The van der Waals surface area contributed by atoms with Gasteiger partial charge in [0.05, 0.1) is 6.04 Å². The lowest BCUT2D eigenvalue weighted by Crippen LogP contribution is -2.58. The monoisotopic (exact) mass is 468 g/mol. The summed E-state index contributed by atoms with van der Waals surface area (Å²) in [6, 6.07) is -3.87. The maximum Gasteiger partial charge on any atom is 0.326 e. The zero-order valence-corrected chi connectivity index (χ0v) is 19.5. The van der Waals surface area contributed by atoms with Gasteiger partial charge in [-0.3, -0.25) is 14.4 Å². The van der Waals surface area contributed by atoms with Crippen LogP contribution in [0.15, 0.2) is 0 Å². The van der Waals surface area contributed by atoms with Crippen LogP contribution in [0.4, 0.5) is 0 Å². The molecule has 0 rings (SSSR count). The summed E-state index contributed by atoms with van der Waals surface area (Å²) in [6.07, 6.45) is 2.41. The van der Waals surface area contributed by atoms with Gasteiger partial charge < -0.3 is 26.8 Å². The number of aliphatic carboxylic acids is 1. The molecule has 3 amide bonds. The van der Waals surface area contributed by atoms with E-state index in [1.54, 1.807) is 0 Å². The molecule has 0 aliphatic heterocycles. The molecule has 6 N–H and O–H groups in total. The number of nitrogens with two attached hydrogens (primary N) is 1. The smallest absolute Gasteiger partial charge is 0.326 e. The summed E-state index contributed by atoms with van der Waals surface area (Å²) >= 11 is 9.49. The molecule has 0 saturated carbocycles. The van der Waals surface area contributed by atoms with Crippen LogP contribution in [-0.2, 0) is 19.2 Å². The Labute approximate surface area is 186 Å². The van der Waals surface area contributed by atoms with Crippen molar-refractivity contribution >= 4 is 60.7 Å². The average molecular weight is 469 g/mol. The van der Waals surface area contributed by atoms with Crippen molar-refractivity contribution in [2.24, 2.45) is 11.7 Å². The second kappa shape index (κ2) is 14.8. The van der Waals surface area contributed by atoms with E-state index in [1.165, 1.54) is 11.8 Å². The molecule has 0 bridgehead atoms. The summed E-state index contributed by atoms with van der Waals surface area (Å²) in [5.74, 6) is -2.14. The van der Waals surface area contributed by atoms with Crippen LogP contribution in [-0.4, -0.2) is 76.5 Å². The maximum atomic E-state index is 12.6. The predicted octanol–water partition coefficient (Wildman–Crippen LogP) is -0.488.